The highest BCUT2D eigenvalue weighted by Crippen LogP contribution is 2.47. The van der Waals surface area contributed by atoms with Gasteiger partial charge in [0.15, 0.2) is 12.4 Å². The van der Waals surface area contributed by atoms with Crippen LogP contribution in [-0.4, -0.2) is 18.9 Å². The van der Waals surface area contributed by atoms with Crippen molar-refractivity contribution in [2.45, 2.75) is 5.60 Å². The highest BCUT2D eigenvalue weighted by molar-refractivity contribution is 5.71. The number of cyclic esters (lactones) is 4. The summed E-state index contributed by atoms with van der Waals surface area (Å²) in [6, 6.07) is 18.3. The third-order valence-electron chi connectivity index (χ3n) is 3.88. The van der Waals surface area contributed by atoms with Gasteiger partial charge in [-0.1, -0.05) is 60.7 Å². The molecule has 0 saturated carbocycles. The third-order valence-corrected chi connectivity index (χ3v) is 3.88. The molecule has 0 bridgehead atoms. The van der Waals surface area contributed by atoms with Crippen molar-refractivity contribution in [2.24, 2.45) is 0 Å². The number of carbonyl (C=O) groups excluding carboxylic acids is 2. The minimum absolute atomic E-state index is 0.107. The molecule has 2 aliphatic rings. The molecule has 4 rings (SSSR count). The summed E-state index contributed by atoms with van der Waals surface area (Å²) in [5, 5.41) is 0. The molecule has 2 aliphatic heterocycles. The Hall–Kier alpha value is -3.28. The van der Waals surface area contributed by atoms with Crippen molar-refractivity contribution in [1.82, 2.24) is 0 Å². The Bertz CT molecular complexity index is 786. The molecular formula is C18H12O6. The van der Waals surface area contributed by atoms with Crippen LogP contribution in [0.5, 0.6) is 0 Å². The van der Waals surface area contributed by atoms with Crippen LogP contribution in [0.25, 0.3) is 0 Å². The lowest BCUT2D eigenvalue weighted by atomic mass is 9.84. The lowest BCUT2D eigenvalue weighted by Crippen LogP contribution is -2.30. The summed E-state index contributed by atoms with van der Waals surface area (Å²) in [6.07, 6.45) is -1.70. The van der Waals surface area contributed by atoms with E-state index in [9.17, 15) is 9.59 Å². The van der Waals surface area contributed by atoms with Gasteiger partial charge < -0.3 is 18.9 Å². The maximum absolute atomic E-state index is 12.0. The highest BCUT2D eigenvalue weighted by atomic mass is 16.8. The fraction of sp³-hybridized carbons (Fsp3) is 0.111. The number of rotatable bonds is 2. The number of hydrogen-bond donors (Lipinski definition) is 0. The second-order valence-corrected chi connectivity index (χ2v) is 5.26. The van der Waals surface area contributed by atoms with E-state index in [1.165, 1.54) is 0 Å². The van der Waals surface area contributed by atoms with Gasteiger partial charge in [-0.15, -0.1) is 0 Å². The number of hydrogen-bond acceptors (Lipinski definition) is 6. The maximum Gasteiger partial charge on any atom is 0.515 e. The summed E-state index contributed by atoms with van der Waals surface area (Å²) >= 11 is 0. The Morgan fingerprint density at radius 2 is 1.33 bits per heavy atom. The predicted octanol–water partition coefficient (Wildman–Crippen LogP) is 3.48. The van der Waals surface area contributed by atoms with E-state index in [4.69, 9.17) is 18.9 Å². The summed E-state index contributed by atoms with van der Waals surface area (Å²) in [6.45, 7) is -0.119. The van der Waals surface area contributed by atoms with Gasteiger partial charge in [-0.2, -0.15) is 0 Å². The smallest absolute Gasteiger partial charge is 0.426 e. The molecule has 0 unspecified atom stereocenters. The summed E-state index contributed by atoms with van der Waals surface area (Å²) in [5.41, 5.74) is 0.0168. The molecule has 0 spiro atoms. The monoisotopic (exact) mass is 324 g/mol. The molecule has 0 aromatic heterocycles. The van der Waals surface area contributed by atoms with Crippen LogP contribution in [0, 0.1) is 0 Å². The van der Waals surface area contributed by atoms with E-state index >= 15 is 0 Å². The van der Waals surface area contributed by atoms with E-state index in [-0.39, 0.29) is 18.1 Å². The Balaban J connectivity index is 1.99. The van der Waals surface area contributed by atoms with Gasteiger partial charge in [0.2, 0.25) is 11.4 Å². The van der Waals surface area contributed by atoms with E-state index in [1.54, 1.807) is 0 Å². The molecule has 0 aliphatic carbocycles. The average Bonchev–Trinajstić information content (AvgIpc) is 3.20. The van der Waals surface area contributed by atoms with Crippen LogP contribution in [-0.2, 0) is 24.5 Å². The van der Waals surface area contributed by atoms with Crippen molar-refractivity contribution in [1.29, 1.82) is 0 Å². The molecule has 24 heavy (non-hydrogen) atoms. The van der Waals surface area contributed by atoms with E-state index < -0.39 is 17.9 Å². The molecule has 2 aromatic rings. The first-order valence-electron chi connectivity index (χ1n) is 7.30. The van der Waals surface area contributed by atoms with Crippen LogP contribution < -0.4 is 0 Å². The second-order valence-electron chi connectivity index (χ2n) is 5.26. The Labute approximate surface area is 137 Å². The van der Waals surface area contributed by atoms with Gasteiger partial charge in [0.25, 0.3) is 0 Å². The summed E-state index contributed by atoms with van der Waals surface area (Å²) in [5.74, 6) is 0.231. The van der Waals surface area contributed by atoms with Crippen LogP contribution in [0.3, 0.4) is 0 Å². The predicted molar refractivity (Wildman–Crippen MR) is 80.7 cm³/mol. The number of carbonyl (C=O) groups is 2. The third kappa shape index (κ3) is 2.11. The van der Waals surface area contributed by atoms with Gasteiger partial charge in [-0.25, -0.2) is 9.59 Å². The molecule has 2 aromatic carbocycles. The lowest BCUT2D eigenvalue weighted by molar-refractivity contribution is 0.0868. The molecule has 2 heterocycles. The van der Waals surface area contributed by atoms with Gasteiger partial charge in [-0.3, -0.25) is 0 Å². The standard InChI is InChI=1S/C18H12O6/c19-16-21-11-14(22-16)15-18(24-17(20)23-15,12-7-3-1-4-8-12)13-9-5-2-6-10-13/h1-10H,11H2/b15-14-. The number of ether oxygens (including phenoxy) is 4. The van der Waals surface area contributed by atoms with Gasteiger partial charge in [0.05, 0.1) is 0 Å². The Kier molecular flexibility index (Phi) is 3.23. The van der Waals surface area contributed by atoms with Crippen molar-refractivity contribution < 1.29 is 28.5 Å². The first-order valence-corrected chi connectivity index (χ1v) is 7.30. The van der Waals surface area contributed by atoms with Crippen LogP contribution in [0.15, 0.2) is 72.2 Å². The number of benzene rings is 2. The molecular weight excluding hydrogens is 312 g/mol. The zero-order valence-corrected chi connectivity index (χ0v) is 12.4. The molecule has 0 N–H and O–H groups in total. The first-order chi connectivity index (χ1) is 11.7. The normalized spacial score (nSPS) is 21.7. The van der Waals surface area contributed by atoms with E-state index in [0.29, 0.717) is 11.1 Å². The molecule has 0 radical (unpaired) electrons. The maximum atomic E-state index is 12.0. The molecule has 6 nitrogen and oxygen atoms in total. The van der Waals surface area contributed by atoms with Crippen LogP contribution in [0.2, 0.25) is 0 Å². The summed E-state index contributed by atoms with van der Waals surface area (Å²) < 4.78 is 20.8. The molecule has 2 fully saturated rings. The average molecular weight is 324 g/mol. The summed E-state index contributed by atoms with van der Waals surface area (Å²) in [4.78, 5) is 23.3. The fourth-order valence-electron chi connectivity index (χ4n) is 2.89. The second kappa shape index (κ2) is 5.42. The minimum atomic E-state index is -1.33. The van der Waals surface area contributed by atoms with E-state index in [2.05, 4.69) is 0 Å². The van der Waals surface area contributed by atoms with Crippen LogP contribution in [0.4, 0.5) is 9.59 Å². The zero-order chi connectivity index (χ0) is 16.6. The van der Waals surface area contributed by atoms with Gasteiger partial charge in [0, 0.05) is 11.1 Å². The van der Waals surface area contributed by atoms with Gasteiger partial charge >= 0.3 is 12.3 Å². The topological polar surface area (TPSA) is 71.1 Å². The van der Waals surface area contributed by atoms with Crippen molar-refractivity contribution in [3.05, 3.63) is 83.3 Å². The fourth-order valence-corrected chi connectivity index (χ4v) is 2.89. The Morgan fingerprint density at radius 3 is 1.83 bits per heavy atom. The highest BCUT2D eigenvalue weighted by Gasteiger charge is 2.54. The van der Waals surface area contributed by atoms with Crippen molar-refractivity contribution in [3.63, 3.8) is 0 Å². The molecule has 0 atom stereocenters. The Morgan fingerprint density at radius 1 is 0.750 bits per heavy atom. The summed E-state index contributed by atoms with van der Waals surface area (Å²) in [7, 11) is 0. The van der Waals surface area contributed by atoms with Gasteiger partial charge in [0.1, 0.15) is 0 Å². The first kappa shape index (κ1) is 14.3. The van der Waals surface area contributed by atoms with Crippen molar-refractivity contribution >= 4 is 12.3 Å². The van der Waals surface area contributed by atoms with E-state index in [1.807, 2.05) is 60.7 Å². The quantitative estimate of drug-likeness (QED) is 0.788. The molecule has 6 heteroatoms. The largest absolute Gasteiger partial charge is 0.515 e. The minimum Gasteiger partial charge on any atom is -0.426 e. The lowest BCUT2D eigenvalue weighted by Gasteiger charge is -2.27. The van der Waals surface area contributed by atoms with Crippen molar-refractivity contribution in [2.75, 3.05) is 6.61 Å². The van der Waals surface area contributed by atoms with Crippen LogP contribution in [0.1, 0.15) is 11.1 Å². The SMILES string of the molecule is O=C1OC/C(=C2/OC(=O)OC2(c2ccccc2)c2ccccc2)O1. The van der Waals surface area contributed by atoms with Gasteiger partial charge in [-0.05, 0) is 0 Å². The van der Waals surface area contributed by atoms with E-state index in [0.717, 1.165) is 0 Å². The molecule has 2 saturated heterocycles. The zero-order valence-electron chi connectivity index (χ0n) is 12.4. The van der Waals surface area contributed by atoms with Crippen molar-refractivity contribution in [3.8, 4) is 0 Å². The molecule has 120 valence electrons. The van der Waals surface area contributed by atoms with Crippen LogP contribution >= 0.6 is 0 Å². The molecule has 0 amide bonds.